The molecule has 0 aromatic heterocycles. The molecule has 2 aliphatic rings. The van der Waals surface area contributed by atoms with Gasteiger partial charge in [0.2, 0.25) is 5.91 Å². The zero-order valence-corrected chi connectivity index (χ0v) is 19.9. The summed E-state index contributed by atoms with van der Waals surface area (Å²) in [5, 5.41) is 6.57. The van der Waals surface area contributed by atoms with Gasteiger partial charge in [0.15, 0.2) is 5.78 Å². The molecule has 174 valence electrons. The SMILES string of the molecule is CCCNC(=O)CN1c2ccccc2NC2=C(C(=O)CC(C)(C)C2)C1c1ccccc1OC. The van der Waals surface area contributed by atoms with Crippen molar-refractivity contribution in [1.82, 2.24) is 5.32 Å². The monoisotopic (exact) mass is 447 g/mol. The maximum absolute atomic E-state index is 13.7. The number of allylic oxidation sites excluding steroid dienone is 1. The van der Waals surface area contributed by atoms with Crippen LogP contribution in [0.2, 0.25) is 0 Å². The van der Waals surface area contributed by atoms with E-state index < -0.39 is 6.04 Å². The molecule has 0 saturated carbocycles. The first-order chi connectivity index (χ1) is 15.8. The van der Waals surface area contributed by atoms with Crippen molar-refractivity contribution in [3.05, 3.63) is 65.4 Å². The fraction of sp³-hybridized carbons (Fsp3) is 0.407. The Balaban J connectivity index is 1.94. The Bertz CT molecular complexity index is 1090. The first-order valence-electron chi connectivity index (χ1n) is 11.6. The Kier molecular flexibility index (Phi) is 6.45. The third-order valence-corrected chi connectivity index (χ3v) is 6.32. The van der Waals surface area contributed by atoms with Crippen LogP contribution in [0.3, 0.4) is 0 Å². The third-order valence-electron chi connectivity index (χ3n) is 6.32. The molecule has 0 spiro atoms. The summed E-state index contributed by atoms with van der Waals surface area (Å²) in [6.07, 6.45) is 2.08. The van der Waals surface area contributed by atoms with E-state index in [2.05, 4.69) is 24.5 Å². The summed E-state index contributed by atoms with van der Waals surface area (Å²) in [7, 11) is 1.64. The van der Waals surface area contributed by atoms with Gasteiger partial charge in [0.25, 0.3) is 0 Å². The van der Waals surface area contributed by atoms with Gasteiger partial charge in [-0.25, -0.2) is 0 Å². The number of para-hydroxylation sites is 3. The number of methoxy groups -OCH3 is 1. The largest absolute Gasteiger partial charge is 0.496 e. The van der Waals surface area contributed by atoms with E-state index in [0.717, 1.165) is 41.1 Å². The number of nitrogens with zero attached hydrogens (tertiary/aromatic N) is 1. The summed E-state index contributed by atoms with van der Waals surface area (Å²) < 4.78 is 5.72. The molecule has 6 nitrogen and oxygen atoms in total. The summed E-state index contributed by atoms with van der Waals surface area (Å²) in [5.74, 6) is 0.737. The predicted octanol–water partition coefficient (Wildman–Crippen LogP) is 4.84. The van der Waals surface area contributed by atoms with Crippen LogP contribution in [0.5, 0.6) is 5.75 Å². The minimum atomic E-state index is -0.441. The van der Waals surface area contributed by atoms with Gasteiger partial charge in [-0.1, -0.05) is 51.1 Å². The smallest absolute Gasteiger partial charge is 0.239 e. The maximum Gasteiger partial charge on any atom is 0.239 e. The van der Waals surface area contributed by atoms with Gasteiger partial charge >= 0.3 is 0 Å². The number of anilines is 2. The summed E-state index contributed by atoms with van der Waals surface area (Å²) >= 11 is 0. The molecule has 1 aliphatic heterocycles. The average molecular weight is 448 g/mol. The van der Waals surface area contributed by atoms with Gasteiger partial charge in [0, 0.05) is 29.8 Å². The first kappa shape index (κ1) is 22.9. The first-order valence-corrected chi connectivity index (χ1v) is 11.6. The van der Waals surface area contributed by atoms with E-state index in [4.69, 9.17) is 4.74 Å². The molecule has 0 saturated heterocycles. The highest BCUT2D eigenvalue weighted by Crippen LogP contribution is 2.49. The second kappa shape index (κ2) is 9.30. The lowest BCUT2D eigenvalue weighted by atomic mass is 9.73. The van der Waals surface area contributed by atoms with E-state index in [1.807, 2.05) is 60.4 Å². The number of rotatable bonds is 6. The number of hydrogen-bond donors (Lipinski definition) is 2. The standard InChI is InChI=1S/C27H33N3O3/c1-5-14-28-24(32)17-30-21-12-8-7-11-19(21)29-20-15-27(2,3)16-22(31)25(20)26(30)18-10-6-9-13-23(18)33-4/h6-13,26,29H,5,14-17H2,1-4H3,(H,28,32). The molecule has 0 fully saturated rings. The molecular formula is C27H33N3O3. The quantitative estimate of drug-likeness (QED) is 0.663. The second-order valence-electron chi connectivity index (χ2n) is 9.60. The average Bonchev–Trinajstić information content (AvgIpc) is 2.91. The molecule has 1 atom stereocenters. The van der Waals surface area contributed by atoms with Crippen LogP contribution in [0.4, 0.5) is 11.4 Å². The highest BCUT2D eigenvalue weighted by atomic mass is 16.5. The van der Waals surface area contributed by atoms with Gasteiger partial charge in [-0.05, 0) is 36.5 Å². The lowest BCUT2D eigenvalue weighted by Gasteiger charge is -2.38. The molecule has 0 radical (unpaired) electrons. The van der Waals surface area contributed by atoms with Crippen molar-refractivity contribution in [1.29, 1.82) is 0 Å². The Hall–Kier alpha value is -3.28. The zero-order chi connectivity index (χ0) is 23.6. The van der Waals surface area contributed by atoms with Crippen molar-refractivity contribution in [3.63, 3.8) is 0 Å². The number of benzene rings is 2. The number of hydrogen-bond acceptors (Lipinski definition) is 5. The highest BCUT2D eigenvalue weighted by molar-refractivity contribution is 6.02. The van der Waals surface area contributed by atoms with Gasteiger partial charge in [-0.2, -0.15) is 0 Å². The molecule has 1 unspecified atom stereocenters. The summed E-state index contributed by atoms with van der Waals surface area (Å²) in [4.78, 5) is 28.7. The molecule has 4 rings (SSSR count). The molecule has 2 aromatic carbocycles. The number of amides is 1. The van der Waals surface area contributed by atoms with Crippen molar-refractivity contribution < 1.29 is 14.3 Å². The van der Waals surface area contributed by atoms with Crippen LogP contribution < -0.4 is 20.3 Å². The number of fused-ring (bicyclic) bond motifs is 1. The molecule has 2 aromatic rings. The van der Waals surface area contributed by atoms with Crippen LogP contribution in [0.15, 0.2) is 59.8 Å². The van der Waals surface area contributed by atoms with Crippen molar-refractivity contribution in [2.24, 2.45) is 5.41 Å². The van der Waals surface area contributed by atoms with Crippen LogP contribution in [0.1, 0.15) is 51.6 Å². The van der Waals surface area contributed by atoms with E-state index in [9.17, 15) is 9.59 Å². The molecular weight excluding hydrogens is 414 g/mol. The van der Waals surface area contributed by atoms with Crippen LogP contribution in [0.25, 0.3) is 0 Å². The van der Waals surface area contributed by atoms with E-state index in [1.165, 1.54) is 0 Å². The minimum Gasteiger partial charge on any atom is -0.496 e. The number of nitrogens with one attached hydrogen (secondary N) is 2. The second-order valence-corrected chi connectivity index (χ2v) is 9.60. The molecule has 1 aliphatic carbocycles. The van der Waals surface area contributed by atoms with Crippen LogP contribution >= 0.6 is 0 Å². The number of Topliss-reactive ketones (excluding diaryl/α,β-unsaturated/α-hetero) is 1. The van der Waals surface area contributed by atoms with Gasteiger partial charge in [0.05, 0.1) is 31.1 Å². The van der Waals surface area contributed by atoms with Crippen molar-refractivity contribution >= 4 is 23.1 Å². The number of carbonyl (C=O) groups excluding carboxylic acids is 2. The van der Waals surface area contributed by atoms with Crippen LogP contribution in [-0.2, 0) is 9.59 Å². The number of carbonyl (C=O) groups is 2. The van der Waals surface area contributed by atoms with Gasteiger partial charge in [-0.3, -0.25) is 9.59 Å². The molecule has 2 N–H and O–H groups in total. The van der Waals surface area contributed by atoms with E-state index in [-0.39, 0.29) is 23.7 Å². The molecule has 33 heavy (non-hydrogen) atoms. The molecule has 1 amide bonds. The van der Waals surface area contributed by atoms with Crippen LogP contribution in [0, 0.1) is 5.41 Å². The van der Waals surface area contributed by atoms with E-state index in [0.29, 0.717) is 18.7 Å². The lowest BCUT2D eigenvalue weighted by Crippen LogP contribution is -2.42. The minimum absolute atomic E-state index is 0.0702. The Morgan fingerprint density at radius 3 is 2.64 bits per heavy atom. The maximum atomic E-state index is 13.7. The molecule has 0 bridgehead atoms. The Labute approximate surface area is 196 Å². The van der Waals surface area contributed by atoms with Crippen molar-refractivity contribution in [3.8, 4) is 5.75 Å². The van der Waals surface area contributed by atoms with Gasteiger partial charge in [0.1, 0.15) is 5.75 Å². The third kappa shape index (κ3) is 4.61. The van der Waals surface area contributed by atoms with Crippen molar-refractivity contribution in [2.45, 2.75) is 46.1 Å². The topological polar surface area (TPSA) is 70.7 Å². The Morgan fingerprint density at radius 2 is 1.88 bits per heavy atom. The molecule has 1 heterocycles. The van der Waals surface area contributed by atoms with Gasteiger partial charge < -0.3 is 20.3 Å². The van der Waals surface area contributed by atoms with Crippen molar-refractivity contribution in [2.75, 3.05) is 30.4 Å². The summed E-state index contributed by atoms with van der Waals surface area (Å²) in [6, 6.07) is 15.3. The fourth-order valence-corrected chi connectivity index (χ4v) is 4.92. The summed E-state index contributed by atoms with van der Waals surface area (Å²) in [5.41, 5.74) is 4.17. The summed E-state index contributed by atoms with van der Waals surface area (Å²) in [6.45, 7) is 7.03. The zero-order valence-electron chi connectivity index (χ0n) is 19.9. The fourth-order valence-electron chi connectivity index (χ4n) is 4.92. The number of ether oxygens (including phenoxy) is 1. The molecule has 6 heteroatoms. The normalized spacial score (nSPS) is 19.2. The predicted molar refractivity (Wildman–Crippen MR) is 131 cm³/mol. The Morgan fingerprint density at radius 1 is 1.15 bits per heavy atom. The van der Waals surface area contributed by atoms with Crippen LogP contribution in [-0.4, -0.2) is 31.9 Å². The lowest BCUT2D eigenvalue weighted by molar-refractivity contribution is -0.120. The van der Waals surface area contributed by atoms with Gasteiger partial charge in [-0.15, -0.1) is 0 Å². The van der Waals surface area contributed by atoms with E-state index in [1.54, 1.807) is 7.11 Å². The van der Waals surface area contributed by atoms with E-state index >= 15 is 0 Å². The highest BCUT2D eigenvalue weighted by Gasteiger charge is 2.42. The number of ketones is 1.